The lowest BCUT2D eigenvalue weighted by molar-refractivity contribution is -0.521. The summed E-state index contributed by atoms with van der Waals surface area (Å²) in [6.45, 7) is 17.6. The molecule has 218 valence electrons. The summed E-state index contributed by atoms with van der Waals surface area (Å²) in [6, 6.07) is 41.0. The normalized spacial score (nSPS) is 11.1. The van der Waals surface area contributed by atoms with E-state index in [0.29, 0.717) is 5.66 Å². The molecule has 0 heterocycles. The molecule has 0 aliphatic rings. The van der Waals surface area contributed by atoms with Gasteiger partial charge in [0.1, 0.15) is 26.2 Å². The van der Waals surface area contributed by atoms with Crippen molar-refractivity contribution >= 4 is 30.0 Å². The summed E-state index contributed by atoms with van der Waals surface area (Å²) in [5.74, 6) is 0. The molecule has 0 atom stereocenters. The summed E-state index contributed by atoms with van der Waals surface area (Å²) in [6.07, 6.45) is 2.05. The predicted molar refractivity (Wildman–Crippen MR) is 185 cm³/mol. The van der Waals surface area contributed by atoms with Gasteiger partial charge in [0.2, 0.25) is 0 Å². The molecule has 0 bridgehead atoms. The summed E-state index contributed by atoms with van der Waals surface area (Å²) in [4.78, 5) is 0. The third-order valence-electron chi connectivity index (χ3n) is 8.35. The summed E-state index contributed by atoms with van der Waals surface area (Å²) < 4.78 is 5.17. The van der Waals surface area contributed by atoms with Crippen LogP contribution in [0.1, 0.15) is 62.8 Å². The van der Waals surface area contributed by atoms with Crippen LogP contribution in [-0.4, -0.2) is 52.4 Å². The Morgan fingerprint density at radius 3 is 1.14 bits per heavy atom. The maximum Gasteiger partial charge on any atom is 0.183 e. The molecular weight excluding hydrogens is 527 g/mol. The minimum atomic E-state index is -0.637. The molecule has 0 fully saturated rings. The van der Waals surface area contributed by atoms with Crippen molar-refractivity contribution in [3.05, 3.63) is 131 Å². The molecule has 4 aromatic carbocycles. The Balaban J connectivity index is 1.95. The SMILES string of the molecule is CC[N+](CC)=C(CC(CC(c1ccc(C)cc1)=[N+](CC)CC)P(c1ccccc1)c1ccccc1)c1ccc(C)cc1. The third kappa shape index (κ3) is 7.93. The molecule has 42 heavy (non-hydrogen) atoms. The summed E-state index contributed by atoms with van der Waals surface area (Å²) >= 11 is 0. The van der Waals surface area contributed by atoms with Gasteiger partial charge < -0.3 is 0 Å². The van der Waals surface area contributed by atoms with Crippen molar-refractivity contribution in [2.24, 2.45) is 0 Å². The first-order chi connectivity index (χ1) is 20.5. The topological polar surface area (TPSA) is 6.02 Å². The minimum Gasteiger partial charge on any atom is -0.234 e. The van der Waals surface area contributed by atoms with E-state index in [2.05, 4.69) is 160 Å². The van der Waals surface area contributed by atoms with Crippen LogP contribution in [0.2, 0.25) is 0 Å². The van der Waals surface area contributed by atoms with E-state index in [1.165, 1.54) is 44.3 Å². The quantitative estimate of drug-likeness (QED) is 0.0865. The second-order valence-electron chi connectivity index (χ2n) is 11.1. The summed E-state index contributed by atoms with van der Waals surface area (Å²) in [5, 5.41) is 2.91. The van der Waals surface area contributed by atoms with Gasteiger partial charge in [-0.25, -0.2) is 9.15 Å². The predicted octanol–water partition coefficient (Wildman–Crippen LogP) is 7.97. The van der Waals surface area contributed by atoms with Crippen molar-refractivity contribution in [2.75, 3.05) is 26.2 Å². The fraction of sp³-hybridized carbons (Fsp3) is 0.333. The number of hydrogen-bond donors (Lipinski definition) is 0. The second kappa shape index (κ2) is 15.8. The van der Waals surface area contributed by atoms with Crippen LogP contribution in [0.15, 0.2) is 109 Å². The average Bonchev–Trinajstić information content (AvgIpc) is 3.03. The Morgan fingerprint density at radius 2 is 0.833 bits per heavy atom. The van der Waals surface area contributed by atoms with Crippen LogP contribution < -0.4 is 10.6 Å². The van der Waals surface area contributed by atoms with Gasteiger partial charge in [-0.05, 0) is 84.3 Å². The van der Waals surface area contributed by atoms with Crippen molar-refractivity contribution in [1.29, 1.82) is 0 Å². The largest absolute Gasteiger partial charge is 0.234 e. The Hall–Kier alpha value is -3.35. The van der Waals surface area contributed by atoms with E-state index in [1.54, 1.807) is 0 Å². The zero-order valence-corrected chi connectivity index (χ0v) is 27.4. The highest BCUT2D eigenvalue weighted by Crippen LogP contribution is 2.44. The van der Waals surface area contributed by atoms with Gasteiger partial charge in [0, 0.05) is 29.6 Å². The Morgan fingerprint density at radius 1 is 0.500 bits per heavy atom. The minimum absolute atomic E-state index is 0.415. The van der Waals surface area contributed by atoms with Crippen molar-refractivity contribution in [3.63, 3.8) is 0 Å². The van der Waals surface area contributed by atoms with Crippen LogP contribution in [0.3, 0.4) is 0 Å². The standard InChI is InChI=1S/C39H49N2P/c1-7-40(8-2)38(33-25-21-31(5)22-26-33)29-37(30-39(41(9-3)10-4)34-27-23-32(6)24-28-34)42(35-17-13-11-14-18-35)36-19-15-12-16-20-36/h11-28,37H,7-10,29-30H2,1-6H3/q+2. The highest BCUT2D eigenvalue weighted by Gasteiger charge is 2.33. The molecule has 4 rings (SSSR count). The second-order valence-corrected chi connectivity index (χ2v) is 13.6. The fourth-order valence-electron chi connectivity index (χ4n) is 6.01. The highest BCUT2D eigenvalue weighted by atomic mass is 31.1. The first-order valence-electron chi connectivity index (χ1n) is 15.7. The van der Waals surface area contributed by atoms with E-state index < -0.39 is 7.92 Å². The number of nitrogens with zero attached hydrogens (tertiary/aromatic N) is 2. The Kier molecular flexibility index (Phi) is 11.8. The van der Waals surface area contributed by atoms with Gasteiger partial charge in [0.25, 0.3) is 0 Å². The van der Waals surface area contributed by atoms with Crippen LogP contribution in [-0.2, 0) is 0 Å². The van der Waals surface area contributed by atoms with Gasteiger partial charge in [0.05, 0.1) is 0 Å². The van der Waals surface area contributed by atoms with Crippen molar-refractivity contribution in [2.45, 2.75) is 60.0 Å². The zero-order valence-electron chi connectivity index (χ0n) is 26.6. The molecule has 4 aromatic rings. The molecular formula is C39H49N2P+2. The van der Waals surface area contributed by atoms with E-state index in [1.807, 2.05) is 0 Å². The molecule has 0 N–H and O–H groups in total. The van der Waals surface area contributed by atoms with E-state index in [4.69, 9.17) is 0 Å². The van der Waals surface area contributed by atoms with Gasteiger partial charge in [0.15, 0.2) is 11.4 Å². The lowest BCUT2D eigenvalue weighted by atomic mass is 9.97. The van der Waals surface area contributed by atoms with Crippen molar-refractivity contribution in [1.82, 2.24) is 0 Å². The molecule has 0 amide bonds. The molecule has 0 spiro atoms. The van der Waals surface area contributed by atoms with Crippen LogP contribution >= 0.6 is 7.92 Å². The average molecular weight is 577 g/mol. The number of hydrogen-bond acceptors (Lipinski definition) is 0. The van der Waals surface area contributed by atoms with E-state index in [-0.39, 0.29) is 0 Å². The maximum absolute atomic E-state index is 2.59. The molecule has 0 saturated carbocycles. The fourth-order valence-corrected chi connectivity index (χ4v) is 8.85. The monoisotopic (exact) mass is 576 g/mol. The molecule has 0 radical (unpaired) electrons. The van der Waals surface area contributed by atoms with Crippen LogP contribution in [0.25, 0.3) is 0 Å². The first kappa shape index (κ1) is 31.6. The Labute approximate surface area is 256 Å². The first-order valence-corrected chi connectivity index (χ1v) is 17.1. The number of benzene rings is 4. The van der Waals surface area contributed by atoms with Crippen LogP contribution in [0, 0.1) is 13.8 Å². The lowest BCUT2D eigenvalue weighted by Crippen LogP contribution is -2.33. The van der Waals surface area contributed by atoms with Crippen molar-refractivity contribution in [3.8, 4) is 0 Å². The van der Waals surface area contributed by atoms with Gasteiger partial charge in [-0.1, -0.05) is 96.1 Å². The van der Waals surface area contributed by atoms with Crippen molar-refractivity contribution < 1.29 is 9.15 Å². The van der Waals surface area contributed by atoms with E-state index in [0.717, 1.165) is 39.0 Å². The van der Waals surface area contributed by atoms with Gasteiger partial charge in [-0.2, -0.15) is 0 Å². The maximum atomic E-state index is 2.59. The van der Waals surface area contributed by atoms with E-state index in [9.17, 15) is 0 Å². The molecule has 0 unspecified atom stereocenters. The van der Waals surface area contributed by atoms with E-state index >= 15 is 0 Å². The number of rotatable bonds is 13. The smallest absolute Gasteiger partial charge is 0.183 e. The Bertz CT molecular complexity index is 1330. The van der Waals surface area contributed by atoms with Crippen LogP contribution in [0.4, 0.5) is 0 Å². The molecule has 2 nitrogen and oxygen atoms in total. The summed E-state index contributed by atoms with van der Waals surface area (Å²) in [5.41, 5.74) is 8.66. The molecule has 0 aromatic heterocycles. The summed E-state index contributed by atoms with van der Waals surface area (Å²) in [7, 11) is -0.637. The van der Waals surface area contributed by atoms with Gasteiger partial charge in [-0.15, -0.1) is 0 Å². The zero-order chi connectivity index (χ0) is 29.9. The lowest BCUT2D eigenvalue weighted by Gasteiger charge is -2.29. The van der Waals surface area contributed by atoms with Gasteiger partial charge >= 0.3 is 0 Å². The highest BCUT2D eigenvalue weighted by molar-refractivity contribution is 7.73. The van der Waals surface area contributed by atoms with Crippen LogP contribution in [0.5, 0.6) is 0 Å². The van der Waals surface area contributed by atoms with Gasteiger partial charge in [-0.3, -0.25) is 0 Å². The molecule has 0 aliphatic carbocycles. The molecule has 0 saturated heterocycles. The third-order valence-corrected chi connectivity index (χ3v) is 11.2. The number of aryl methyl sites for hydroxylation is 2. The molecule has 3 heteroatoms. The molecule has 0 aliphatic heterocycles.